The lowest BCUT2D eigenvalue weighted by molar-refractivity contribution is 0.199. The molecule has 0 heterocycles. The average molecular weight is 243 g/mol. The van der Waals surface area contributed by atoms with Crippen molar-refractivity contribution in [2.75, 3.05) is 13.6 Å². The molecule has 4 nitrogen and oxygen atoms in total. The van der Waals surface area contributed by atoms with Crippen LogP contribution in [0.5, 0.6) is 0 Å². The number of aliphatic hydroxyl groups is 1. The molecule has 0 spiro atoms. The highest BCUT2D eigenvalue weighted by atomic mass is 32.2. The number of hydrogen-bond donors (Lipinski definition) is 1. The van der Waals surface area contributed by atoms with Crippen molar-refractivity contribution in [3.8, 4) is 0 Å². The number of rotatable bonds is 4. The number of hydrogen-bond acceptors (Lipinski definition) is 3. The van der Waals surface area contributed by atoms with Crippen molar-refractivity contribution in [2.24, 2.45) is 0 Å². The SMILES string of the molecule is CCN(C)S(=O)(=O)c1cccc(C(C)O)c1. The Morgan fingerprint density at radius 3 is 2.56 bits per heavy atom. The Balaban J connectivity index is 3.19. The molecule has 5 heteroatoms. The van der Waals surface area contributed by atoms with Crippen LogP contribution in [-0.2, 0) is 10.0 Å². The zero-order valence-electron chi connectivity index (χ0n) is 9.71. The van der Waals surface area contributed by atoms with Gasteiger partial charge < -0.3 is 5.11 Å². The van der Waals surface area contributed by atoms with Crippen molar-refractivity contribution in [2.45, 2.75) is 24.8 Å². The Bertz CT molecular complexity index is 454. The molecule has 1 unspecified atom stereocenters. The molecular weight excluding hydrogens is 226 g/mol. The summed E-state index contributed by atoms with van der Waals surface area (Å²) in [6.07, 6.45) is -0.665. The first-order valence-corrected chi connectivity index (χ1v) is 6.58. The van der Waals surface area contributed by atoms with Crippen molar-refractivity contribution in [1.29, 1.82) is 0 Å². The molecule has 16 heavy (non-hydrogen) atoms. The molecule has 0 saturated heterocycles. The molecule has 0 aliphatic rings. The third-order valence-corrected chi connectivity index (χ3v) is 4.42. The van der Waals surface area contributed by atoms with Crippen LogP contribution in [-0.4, -0.2) is 31.4 Å². The van der Waals surface area contributed by atoms with E-state index in [9.17, 15) is 13.5 Å². The summed E-state index contributed by atoms with van der Waals surface area (Å²) in [5.41, 5.74) is 0.602. The minimum Gasteiger partial charge on any atom is -0.389 e. The van der Waals surface area contributed by atoms with Crippen molar-refractivity contribution in [3.63, 3.8) is 0 Å². The van der Waals surface area contributed by atoms with Crippen LogP contribution >= 0.6 is 0 Å². The standard InChI is InChI=1S/C11H17NO3S/c1-4-12(3)16(14,15)11-7-5-6-10(8-11)9(2)13/h5-9,13H,4H2,1-3H3. The largest absolute Gasteiger partial charge is 0.389 e. The maximum Gasteiger partial charge on any atom is 0.242 e. The Kier molecular flexibility index (Phi) is 4.07. The van der Waals surface area contributed by atoms with Gasteiger partial charge in [-0.05, 0) is 24.6 Å². The van der Waals surface area contributed by atoms with Gasteiger partial charge in [0.15, 0.2) is 0 Å². The summed E-state index contributed by atoms with van der Waals surface area (Å²) in [4.78, 5) is 0.218. The maximum atomic E-state index is 12.0. The normalized spacial score (nSPS) is 14.1. The number of benzene rings is 1. The summed E-state index contributed by atoms with van der Waals surface area (Å²) in [6, 6.07) is 6.38. The second-order valence-electron chi connectivity index (χ2n) is 3.67. The van der Waals surface area contributed by atoms with E-state index in [0.29, 0.717) is 12.1 Å². The van der Waals surface area contributed by atoms with E-state index in [-0.39, 0.29) is 4.90 Å². The first-order valence-electron chi connectivity index (χ1n) is 5.14. The van der Waals surface area contributed by atoms with Gasteiger partial charge in [0, 0.05) is 13.6 Å². The predicted octanol–water partition coefficient (Wildman–Crippen LogP) is 1.38. The van der Waals surface area contributed by atoms with Crippen LogP contribution in [0.2, 0.25) is 0 Å². The maximum absolute atomic E-state index is 12.0. The van der Waals surface area contributed by atoms with Crippen LogP contribution in [0.3, 0.4) is 0 Å². The van der Waals surface area contributed by atoms with E-state index in [4.69, 9.17) is 0 Å². The molecule has 0 radical (unpaired) electrons. The van der Waals surface area contributed by atoms with Gasteiger partial charge in [-0.2, -0.15) is 0 Å². The molecule has 0 aliphatic carbocycles. The summed E-state index contributed by atoms with van der Waals surface area (Å²) in [7, 11) is -1.89. The summed E-state index contributed by atoms with van der Waals surface area (Å²) in [5, 5.41) is 9.40. The molecule has 0 amide bonds. The fraction of sp³-hybridized carbons (Fsp3) is 0.455. The minimum absolute atomic E-state index is 0.218. The summed E-state index contributed by atoms with van der Waals surface area (Å²) in [6.45, 7) is 3.80. The van der Waals surface area contributed by atoms with Gasteiger partial charge in [-0.25, -0.2) is 12.7 Å². The zero-order valence-corrected chi connectivity index (χ0v) is 10.5. The predicted molar refractivity (Wildman–Crippen MR) is 62.6 cm³/mol. The summed E-state index contributed by atoms with van der Waals surface area (Å²) in [5.74, 6) is 0. The third-order valence-electron chi connectivity index (χ3n) is 2.49. The van der Waals surface area contributed by atoms with Gasteiger partial charge in [0.05, 0.1) is 11.0 Å². The number of nitrogens with zero attached hydrogens (tertiary/aromatic N) is 1. The molecule has 0 bridgehead atoms. The van der Waals surface area contributed by atoms with Crippen LogP contribution < -0.4 is 0 Å². The Hall–Kier alpha value is -0.910. The molecular formula is C11H17NO3S. The van der Waals surface area contributed by atoms with E-state index < -0.39 is 16.1 Å². The van der Waals surface area contributed by atoms with Crippen LogP contribution in [0.1, 0.15) is 25.5 Å². The molecule has 1 aromatic carbocycles. The van der Waals surface area contributed by atoms with Crippen molar-refractivity contribution >= 4 is 10.0 Å². The lowest BCUT2D eigenvalue weighted by Crippen LogP contribution is -2.26. The fourth-order valence-electron chi connectivity index (χ4n) is 1.28. The van der Waals surface area contributed by atoms with E-state index in [2.05, 4.69) is 0 Å². The number of sulfonamides is 1. The highest BCUT2D eigenvalue weighted by Crippen LogP contribution is 2.19. The molecule has 0 fully saturated rings. The minimum atomic E-state index is -3.42. The Labute approximate surface area is 96.6 Å². The molecule has 1 rings (SSSR count). The molecule has 0 saturated carbocycles. The van der Waals surface area contributed by atoms with Gasteiger partial charge in [0.2, 0.25) is 10.0 Å². The van der Waals surface area contributed by atoms with E-state index in [1.165, 1.54) is 23.5 Å². The topological polar surface area (TPSA) is 57.6 Å². The molecule has 0 aliphatic heterocycles. The van der Waals surface area contributed by atoms with Crippen molar-refractivity contribution < 1.29 is 13.5 Å². The smallest absolute Gasteiger partial charge is 0.242 e. The van der Waals surface area contributed by atoms with Crippen molar-refractivity contribution in [3.05, 3.63) is 29.8 Å². The fourth-order valence-corrected chi connectivity index (χ4v) is 2.52. The van der Waals surface area contributed by atoms with E-state index >= 15 is 0 Å². The van der Waals surface area contributed by atoms with Crippen LogP contribution in [0.4, 0.5) is 0 Å². The second-order valence-corrected chi connectivity index (χ2v) is 5.71. The van der Waals surface area contributed by atoms with E-state index in [0.717, 1.165) is 0 Å². The average Bonchev–Trinajstić information content (AvgIpc) is 2.28. The lowest BCUT2D eigenvalue weighted by Gasteiger charge is -2.15. The van der Waals surface area contributed by atoms with Gasteiger partial charge >= 0.3 is 0 Å². The zero-order chi connectivity index (χ0) is 12.3. The van der Waals surface area contributed by atoms with Gasteiger partial charge in [-0.3, -0.25) is 0 Å². The van der Waals surface area contributed by atoms with Crippen LogP contribution in [0, 0.1) is 0 Å². The van der Waals surface area contributed by atoms with Gasteiger partial charge in [0.25, 0.3) is 0 Å². The summed E-state index contributed by atoms with van der Waals surface area (Å²) >= 11 is 0. The van der Waals surface area contributed by atoms with Crippen LogP contribution in [0.25, 0.3) is 0 Å². The second kappa shape index (κ2) is 4.95. The highest BCUT2D eigenvalue weighted by molar-refractivity contribution is 7.89. The Morgan fingerprint density at radius 1 is 1.44 bits per heavy atom. The summed E-state index contributed by atoms with van der Waals surface area (Å²) < 4.78 is 25.2. The van der Waals surface area contributed by atoms with Gasteiger partial charge in [-0.1, -0.05) is 19.1 Å². The molecule has 90 valence electrons. The lowest BCUT2D eigenvalue weighted by atomic mass is 10.1. The van der Waals surface area contributed by atoms with Gasteiger partial charge in [-0.15, -0.1) is 0 Å². The van der Waals surface area contributed by atoms with Crippen LogP contribution in [0.15, 0.2) is 29.2 Å². The van der Waals surface area contributed by atoms with Crippen molar-refractivity contribution in [1.82, 2.24) is 4.31 Å². The highest BCUT2D eigenvalue weighted by Gasteiger charge is 2.19. The Morgan fingerprint density at radius 2 is 2.06 bits per heavy atom. The first kappa shape index (κ1) is 13.2. The van der Waals surface area contributed by atoms with E-state index in [1.54, 1.807) is 26.0 Å². The molecule has 1 N–H and O–H groups in total. The molecule has 1 aromatic rings. The van der Waals surface area contributed by atoms with Gasteiger partial charge in [0.1, 0.15) is 0 Å². The quantitative estimate of drug-likeness (QED) is 0.869. The third kappa shape index (κ3) is 2.61. The first-order chi connectivity index (χ1) is 7.39. The number of aliphatic hydroxyl groups excluding tert-OH is 1. The molecule has 0 aromatic heterocycles. The monoisotopic (exact) mass is 243 g/mol. The van der Waals surface area contributed by atoms with E-state index in [1.807, 2.05) is 0 Å². The molecule has 1 atom stereocenters.